The van der Waals surface area contributed by atoms with Gasteiger partial charge in [0.1, 0.15) is 0 Å². The van der Waals surface area contributed by atoms with Crippen molar-refractivity contribution in [2.45, 2.75) is 12.8 Å². The molecule has 1 aliphatic rings. The van der Waals surface area contributed by atoms with Crippen molar-refractivity contribution in [3.05, 3.63) is 0 Å². The van der Waals surface area contributed by atoms with E-state index in [1.165, 1.54) is 0 Å². The first-order valence-electron chi connectivity index (χ1n) is 5.17. The van der Waals surface area contributed by atoms with Crippen molar-refractivity contribution in [1.82, 2.24) is 4.90 Å². The molecule has 0 aromatic heterocycles. The smallest absolute Gasteiger partial charge is 0.317 e. The van der Waals surface area contributed by atoms with E-state index in [4.69, 9.17) is 16.3 Å². The van der Waals surface area contributed by atoms with E-state index in [0.29, 0.717) is 12.5 Å². The van der Waals surface area contributed by atoms with Gasteiger partial charge in [-0.25, -0.2) is 0 Å². The molecule has 0 aromatic rings. The molecule has 0 amide bonds. The number of rotatable bonds is 5. The molecule has 1 aliphatic heterocycles. The standard InChI is InChI=1S/C11H17NO3/c1-2-5-12(9-11(13)14)8-10-3-6-15-7-4-10/h1,10H,3-9H2,(H,13,14). The van der Waals surface area contributed by atoms with E-state index in [9.17, 15) is 4.79 Å². The van der Waals surface area contributed by atoms with Crippen molar-refractivity contribution in [2.24, 2.45) is 5.92 Å². The molecule has 0 spiro atoms. The molecule has 4 heteroatoms. The summed E-state index contributed by atoms with van der Waals surface area (Å²) in [6, 6.07) is 0. The van der Waals surface area contributed by atoms with Gasteiger partial charge in [-0.05, 0) is 18.8 Å². The Balaban J connectivity index is 2.35. The Bertz CT molecular complexity index is 241. The lowest BCUT2D eigenvalue weighted by Gasteiger charge is -2.27. The van der Waals surface area contributed by atoms with Gasteiger partial charge in [-0.3, -0.25) is 9.69 Å². The minimum absolute atomic E-state index is 0.0293. The number of hydrogen-bond acceptors (Lipinski definition) is 3. The van der Waals surface area contributed by atoms with Gasteiger partial charge in [0.05, 0.1) is 13.1 Å². The summed E-state index contributed by atoms with van der Waals surface area (Å²) in [4.78, 5) is 12.4. The lowest BCUT2D eigenvalue weighted by molar-refractivity contribution is -0.138. The average molecular weight is 211 g/mol. The minimum Gasteiger partial charge on any atom is -0.480 e. The van der Waals surface area contributed by atoms with Crippen LogP contribution in [0, 0.1) is 18.3 Å². The molecule has 0 radical (unpaired) electrons. The third-order valence-corrected chi connectivity index (χ3v) is 2.53. The summed E-state index contributed by atoms with van der Waals surface area (Å²) in [5, 5.41) is 8.71. The molecule has 84 valence electrons. The molecule has 0 unspecified atom stereocenters. The van der Waals surface area contributed by atoms with Gasteiger partial charge in [0.2, 0.25) is 0 Å². The Kier molecular flexibility index (Phi) is 5.16. The Labute approximate surface area is 90.2 Å². The minimum atomic E-state index is -0.822. The SMILES string of the molecule is C#CCN(CC(=O)O)CC1CCOCC1. The third-order valence-electron chi connectivity index (χ3n) is 2.53. The highest BCUT2D eigenvalue weighted by Gasteiger charge is 2.18. The molecular formula is C11H17NO3. The molecule has 1 fully saturated rings. The van der Waals surface area contributed by atoms with Crippen LogP contribution in [0.1, 0.15) is 12.8 Å². The van der Waals surface area contributed by atoms with Crippen LogP contribution < -0.4 is 0 Å². The first kappa shape index (κ1) is 12.0. The van der Waals surface area contributed by atoms with E-state index < -0.39 is 5.97 Å². The molecule has 0 aromatic carbocycles. The van der Waals surface area contributed by atoms with Gasteiger partial charge in [-0.2, -0.15) is 0 Å². The average Bonchev–Trinajstić information content (AvgIpc) is 2.18. The zero-order valence-corrected chi connectivity index (χ0v) is 8.82. The van der Waals surface area contributed by atoms with Crippen molar-refractivity contribution >= 4 is 5.97 Å². The predicted octanol–water partition coefficient (Wildman–Crippen LogP) is 0.433. The Morgan fingerprint density at radius 1 is 1.53 bits per heavy atom. The molecule has 1 N–H and O–H groups in total. The third kappa shape index (κ3) is 4.82. The maximum absolute atomic E-state index is 10.6. The highest BCUT2D eigenvalue weighted by Crippen LogP contribution is 2.15. The molecule has 0 saturated carbocycles. The number of carbonyl (C=O) groups is 1. The van der Waals surface area contributed by atoms with E-state index in [0.717, 1.165) is 32.6 Å². The van der Waals surface area contributed by atoms with E-state index in [2.05, 4.69) is 5.92 Å². The normalized spacial score (nSPS) is 17.6. The van der Waals surface area contributed by atoms with Crippen LogP contribution in [0.5, 0.6) is 0 Å². The summed E-state index contributed by atoms with van der Waals surface area (Å²) >= 11 is 0. The first-order chi connectivity index (χ1) is 7.22. The van der Waals surface area contributed by atoms with Gasteiger partial charge >= 0.3 is 5.97 Å². The van der Waals surface area contributed by atoms with Crippen molar-refractivity contribution in [2.75, 3.05) is 32.8 Å². The Morgan fingerprint density at radius 3 is 2.73 bits per heavy atom. The number of carboxylic acids is 1. The van der Waals surface area contributed by atoms with Crippen LogP contribution in [0.15, 0.2) is 0 Å². The quantitative estimate of drug-likeness (QED) is 0.670. The number of aliphatic carboxylic acids is 1. The molecule has 0 bridgehead atoms. The second-order valence-corrected chi connectivity index (χ2v) is 3.82. The van der Waals surface area contributed by atoms with E-state index in [1.54, 1.807) is 4.90 Å². The number of carboxylic acid groups (broad SMARTS) is 1. The van der Waals surface area contributed by atoms with Crippen molar-refractivity contribution in [3.63, 3.8) is 0 Å². The largest absolute Gasteiger partial charge is 0.480 e. The molecule has 1 saturated heterocycles. The molecular weight excluding hydrogens is 194 g/mol. The molecule has 1 rings (SSSR count). The summed E-state index contributed by atoms with van der Waals surface area (Å²) in [6.07, 6.45) is 7.20. The number of terminal acetylenes is 1. The summed E-state index contributed by atoms with van der Waals surface area (Å²) in [5.41, 5.74) is 0. The van der Waals surface area contributed by atoms with Crippen LogP contribution in [-0.4, -0.2) is 48.8 Å². The van der Waals surface area contributed by atoms with Crippen molar-refractivity contribution in [1.29, 1.82) is 0 Å². The molecule has 15 heavy (non-hydrogen) atoms. The second-order valence-electron chi connectivity index (χ2n) is 3.82. The van der Waals surface area contributed by atoms with Crippen LogP contribution in [0.25, 0.3) is 0 Å². The van der Waals surface area contributed by atoms with Gasteiger partial charge in [0.25, 0.3) is 0 Å². The van der Waals surface area contributed by atoms with Crippen molar-refractivity contribution in [3.8, 4) is 12.3 Å². The fourth-order valence-corrected chi connectivity index (χ4v) is 1.80. The van der Waals surface area contributed by atoms with E-state index >= 15 is 0 Å². The maximum Gasteiger partial charge on any atom is 0.317 e. The molecule has 0 atom stereocenters. The highest BCUT2D eigenvalue weighted by atomic mass is 16.5. The Hall–Kier alpha value is -1.05. The van der Waals surface area contributed by atoms with Crippen LogP contribution >= 0.6 is 0 Å². The zero-order chi connectivity index (χ0) is 11.1. The number of hydrogen-bond donors (Lipinski definition) is 1. The highest BCUT2D eigenvalue weighted by molar-refractivity contribution is 5.69. The fourth-order valence-electron chi connectivity index (χ4n) is 1.80. The lowest BCUT2D eigenvalue weighted by atomic mass is 10.00. The van der Waals surface area contributed by atoms with Gasteiger partial charge in [0.15, 0.2) is 0 Å². The summed E-state index contributed by atoms with van der Waals surface area (Å²) < 4.78 is 5.25. The van der Waals surface area contributed by atoms with Crippen LogP contribution in [0.4, 0.5) is 0 Å². The lowest BCUT2D eigenvalue weighted by Crippen LogP contribution is -2.36. The first-order valence-corrected chi connectivity index (χ1v) is 5.17. The molecule has 1 heterocycles. The zero-order valence-electron chi connectivity index (χ0n) is 8.82. The maximum atomic E-state index is 10.6. The Morgan fingerprint density at radius 2 is 2.20 bits per heavy atom. The van der Waals surface area contributed by atoms with Crippen molar-refractivity contribution < 1.29 is 14.6 Å². The summed E-state index contributed by atoms with van der Waals surface area (Å²) in [5.74, 6) is 2.19. The van der Waals surface area contributed by atoms with E-state index in [1.807, 2.05) is 0 Å². The second kappa shape index (κ2) is 6.44. The van der Waals surface area contributed by atoms with E-state index in [-0.39, 0.29) is 6.54 Å². The number of nitrogens with zero attached hydrogens (tertiary/aromatic N) is 1. The fraction of sp³-hybridized carbons (Fsp3) is 0.727. The van der Waals surface area contributed by atoms with Crippen LogP contribution in [-0.2, 0) is 9.53 Å². The van der Waals surface area contributed by atoms with Crippen LogP contribution in [0.3, 0.4) is 0 Å². The molecule has 4 nitrogen and oxygen atoms in total. The predicted molar refractivity (Wildman–Crippen MR) is 56.5 cm³/mol. The number of ether oxygens (including phenoxy) is 1. The topological polar surface area (TPSA) is 49.8 Å². The summed E-state index contributed by atoms with van der Waals surface area (Å²) in [7, 11) is 0. The van der Waals surface area contributed by atoms with Gasteiger partial charge in [-0.15, -0.1) is 6.42 Å². The molecule has 0 aliphatic carbocycles. The summed E-state index contributed by atoms with van der Waals surface area (Å²) in [6.45, 7) is 2.76. The monoisotopic (exact) mass is 211 g/mol. The van der Waals surface area contributed by atoms with Crippen LogP contribution in [0.2, 0.25) is 0 Å². The van der Waals surface area contributed by atoms with Gasteiger partial charge in [-0.1, -0.05) is 5.92 Å². The van der Waals surface area contributed by atoms with Gasteiger partial charge in [0, 0.05) is 19.8 Å². The van der Waals surface area contributed by atoms with Gasteiger partial charge < -0.3 is 9.84 Å².